The quantitative estimate of drug-likeness (QED) is 0.228. The Kier molecular flexibility index (Phi) is 10.4. The predicted molar refractivity (Wildman–Crippen MR) is 167 cm³/mol. The van der Waals surface area contributed by atoms with Crippen molar-refractivity contribution in [3.63, 3.8) is 0 Å². The lowest BCUT2D eigenvalue weighted by atomic mass is 10.0. The first-order valence-corrected chi connectivity index (χ1v) is 15.5. The smallest absolute Gasteiger partial charge is 0.264 e. The van der Waals surface area contributed by atoms with Crippen LogP contribution in [0.4, 0.5) is 5.69 Å². The Bertz CT molecular complexity index is 1610. The molecule has 0 saturated heterocycles. The number of halogens is 1. The van der Waals surface area contributed by atoms with Gasteiger partial charge in [0.15, 0.2) is 0 Å². The third kappa shape index (κ3) is 7.57. The van der Waals surface area contributed by atoms with Gasteiger partial charge in [-0.3, -0.25) is 13.9 Å². The fourth-order valence-electron chi connectivity index (χ4n) is 4.75. The summed E-state index contributed by atoms with van der Waals surface area (Å²) in [5.41, 5.74) is 2.66. The lowest BCUT2D eigenvalue weighted by molar-refractivity contribution is -0.140. The highest BCUT2D eigenvalue weighted by Crippen LogP contribution is 2.27. The van der Waals surface area contributed by atoms with E-state index in [0.29, 0.717) is 28.4 Å². The van der Waals surface area contributed by atoms with Crippen molar-refractivity contribution in [3.05, 3.63) is 131 Å². The number of hydrogen-bond acceptors (Lipinski definition) is 4. The standard InChI is InChI=1S/C33H34ClN3O4S/c1-3-35-33(39)31(22-26-14-6-4-7-15-26)36(23-27-16-12-17-28(34)21-27)32(38)24-37(30-20-11-10-13-25(30)2)42(40,41)29-18-8-5-9-19-29/h4-21,31H,3,22-24H2,1-2H3,(H,35,39)/t31-/m1/s1. The molecule has 42 heavy (non-hydrogen) atoms. The maximum absolute atomic E-state index is 14.4. The van der Waals surface area contributed by atoms with E-state index in [0.717, 1.165) is 9.87 Å². The van der Waals surface area contributed by atoms with E-state index in [2.05, 4.69) is 5.32 Å². The molecular weight excluding hydrogens is 570 g/mol. The Labute approximate surface area is 252 Å². The largest absolute Gasteiger partial charge is 0.355 e. The zero-order valence-corrected chi connectivity index (χ0v) is 25.2. The van der Waals surface area contributed by atoms with Crippen LogP contribution in [-0.4, -0.2) is 44.3 Å². The minimum atomic E-state index is -4.14. The molecule has 1 N–H and O–H groups in total. The summed E-state index contributed by atoms with van der Waals surface area (Å²) < 4.78 is 29.1. The topological polar surface area (TPSA) is 86.8 Å². The second-order valence-corrected chi connectivity index (χ2v) is 12.2. The Morgan fingerprint density at radius 3 is 2.10 bits per heavy atom. The van der Waals surface area contributed by atoms with E-state index in [4.69, 9.17) is 11.6 Å². The average molecular weight is 604 g/mol. The molecule has 0 aliphatic rings. The van der Waals surface area contributed by atoms with Crippen LogP contribution in [0.3, 0.4) is 0 Å². The molecule has 0 aliphatic heterocycles. The maximum Gasteiger partial charge on any atom is 0.264 e. The maximum atomic E-state index is 14.4. The molecular formula is C33H34ClN3O4S. The molecule has 0 saturated carbocycles. The van der Waals surface area contributed by atoms with E-state index in [1.54, 1.807) is 61.5 Å². The van der Waals surface area contributed by atoms with Gasteiger partial charge >= 0.3 is 0 Å². The lowest BCUT2D eigenvalue weighted by Gasteiger charge is -2.34. The van der Waals surface area contributed by atoms with Crippen LogP contribution in [0.2, 0.25) is 5.02 Å². The van der Waals surface area contributed by atoms with Crippen molar-refractivity contribution >= 4 is 39.1 Å². The average Bonchev–Trinajstić information content (AvgIpc) is 2.99. The number of likely N-dealkylation sites (N-methyl/N-ethyl adjacent to an activating group) is 1. The zero-order valence-electron chi connectivity index (χ0n) is 23.6. The van der Waals surface area contributed by atoms with Gasteiger partial charge in [-0.1, -0.05) is 90.5 Å². The molecule has 9 heteroatoms. The second-order valence-electron chi connectivity index (χ2n) is 9.86. The molecule has 0 heterocycles. The molecule has 4 rings (SSSR count). The molecule has 4 aromatic carbocycles. The summed E-state index contributed by atoms with van der Waals surface area (Å²) in [5, 5.41) is 3.35. The van der Waals surface area contributed by atoms with Gasteiger partial charge in [0.05, 0.1) is 10.6 Å². The molecule has 0 radical (unpaired) electrons. The van der Waals surface area contributed by atoms with Crippen molar-refractivity contribution in [1.82, 2.24) is 10.2 Å². The highest BCUT2D eigenvalue weighted by atomic mass is 35.5. The molecule has 1 atom stereocenters. The molecule has 218 valence electrons. The van der Waals surface area contributed by atoms with Crippen LogP contribution in [0.15, 0.2) is 114 Å². The van der Waals surface area contributed by atoms with Crippen LogP contribution in [0.25, 0.3) is 0 Å². The molecule has 7 nitrogen and oxygen atoms in total. The van der Waals surface area contributed by atoms with Gasteiger partial charge in [-0.05, 0) is 60.9 Å². The molecule has 0 aromatic heterocycles. The van der Waals surface area contributed by atoms with E-state index < -0.39 is 28.5 Å². The predicted octanol–water partition coefficient (Wildman–Crippen LogP) is 5.62. The molecule has 0 aliphatic carbocycles. The van der Waals surface area contributed by atoms with Crippen molar-refractivity contribution in [3.8, 4) is 0 Å². The first-order valence-electron chi connectivity index (χ1n) is 13.7. The lowest BCUT2D eigenvalue weighted by Crippen LogP contribution is -2.53. The van der Waals surface area contributed by atoms with E-state index in [-0.39, 0.29) is 23.8 Å². The summed E-state index contributed by atoms with van der Waals surface area (Å²) in [6.07, 6.45) is 0.245. The normalized spacial score (nSPS) is 11.9. The minimum Gasteiger partial charge on any atom is -0.355 e. The molecule has 0 fully saturated rings. The van der Waals surface area contributed by atoms with Gasteiger partial charge in [0, 0.05) is 24.5 Å². The number of anilines is 1. The molecule has 0 unspecified atom stereocenters. The van der Waals surface area contributed by atoms with E-state index >= 15 is 0 Å². The molecule has 0 spiro atoms. The number of amides is 2. The number of hydrogen-bond donors (Lipinski definition) is 1. The minimum absolute atomic E-state index is 0.0566. The van der Waals surface area contributed by atoms with Gasteiger partial charge in [-0.15, -0.1) is 0 Å². The fraction of sp³-hybridized carbons (Fsp3) is 0.212. The van der Waals surface area contributed by atoms with Gasteiger partial charge < -0.3 is 10.2 Å². The molecule has 0 bridgehead atoms. The number of sulfonamides is 1. The number of nitrogens with one attached hydrogen (secondary N) is 1. The number of rotatable bonds is 12. The Morgan fingerprint density at radius 2 is 1.45 bits per heavy atom. The summed E-state index contributed by atoms with van der Waals surface area (Å²) in [6, 6.07) is 30.6. The van der Waals surface area contributed by atoms with Crippen molar-refractivity contribution in [2.45, 2.75) is 37.8 Å². The summed E-state index contributed by atoms with van der Waals surface area (Å²) in [7, 11) is -4.14. The number of benzene rings is 4. The van der Waals surface area contributed by atoms with Crippen LogP contribution in [0.1, 0.15) is 23.6 Å². The summed E-state index contributed by atoms with van der Waals surface area (Å²) in [5.74, 6) is -0.852. The number of carbonyl (C=O) groups excluding carboxylic acids is 2. The highest BCUT2D eigenvalue weighted by molar-refractivity contribution is 7.92. The van der Waals surface area contributed by atoms with E-state index in [1.165, 1.54) is 17.0 Å². The van der Waals surface area contributed by atoms with E-state index in [9.17, 15) is 18.0 Å². The molecule has 2 amide bonds. The van der Waals surface area contributed by atoms with E-state index in [1.807, 2.05) is 49.4 Å². The number of carbonyl (C=O) groups is 2. The third-order valence-electron chi connectivity index (χ3n) is 6.86. The van der Waals surface area contributed by atoms with Crippen molar-refractivity contribution in [1.29, 1.82) is 0 Å². The van der Waals surface area contributed by atoms with Crippen LogP contribution in [0.5, 0.6) is 0 Å². The van der Waals surface area contributed by atoms with Gasteiger partial charge in [-0.2, -0.15) is 0 Å². The Balaban J connectivity index is 1.80. The molecule has 4 aromatic rings. The Hall–Kier alpha value is -4.14. The third-order valence-corrected chi connectivity index (χ3v) is 8.87. The fourth-order valence-corrected chi connectivity index (χ4v) is 6.47. The highest BCUT2D eigenvalue weighted by Gasteiger charge is 2.34. The number of aryl methyl sites for hydroxylation is 1. The van der Waals surface area contributed by atoms with Gasteiger partial charge in [-0.25, -0.2) is 8.42 Å². The van der Waals surface area contributed by atoms with Crippen molar-refractivity contribution < 1.29 is 18.0 Å². The van der Waals surface area contributed by atoms with Crippen molar-refractivity contribution in [2.75, 3.05) is 17.4 Å². The van der Waals surface area contributed by atoms with Gasteiger partial charge in [0.1, 0.15) is 12.6 Å². The van der Waals surface area contributed by atoms with Gasteiger partial charge in [0.25, 0.3) is 10.0 Å². The van der Waals surface area contributed by atoms with Crippen LogP contribution < -0.4 is 9.62 Å². The number of nitrogens with zero attached hydrogens (tertiary/aromatic N) is 2. The first-order chi connectivity index (χ1) is 20.2. The summed E-state index contributed by atoms with van der Waals surface area (Å²) >= 11 is 6.27. The number of para-hydroxylation sites is 1. The first kappa shape index (κ1) is 30.8. The monoisotopic (exact) mass is 603 g/mol. The van der Waals surface area contributed by atoms with Crippen LogP contribution in [-0.2, 0) is 32.6 Å². The van der Waals surface area contributed by atoms with Crippen molar-refractivity contribution in [2.24, 2.45) is 0 Å². The van der Waals surface area contributed by atoms with Gasteiger partial charge in [0.2, 0.25) is 11.8 Å². The zero-order chi connectivity index (χ0) is 30.1. The summed E-state index contributed by atoms with van der Waals surface area (Å²) in [6.45, 7) is 3.53. The Morgan fingerprint density at radius 1 is 0.833 bits per heavy atom. The SMILES string of the molecule is CCNC(=O)[C@@H](Cc1ccccc1)N(Cc1cccc(Cl)c1)C(=O)CN(c1ccccc1C)S(=O)(=O)c1ccccc1. The summed E-state index contributed by atoms with van der Waals surface area (Å²) in [4.78, 5) is 29.4. The second kappa shape index (κ2) is 14.2. The van der Waals surface area contributed by atoms with Crippen LogP contribution >= 0.6 is 11.6 Å². The van der Waals surface area contributed by atoms with Crippen LogP contribution in [0, 0.1) is 6.92 Å².